The summed E-state index contributed by atoms with van der Waals surface area (Å²) in [5.74, 6) is 1.84. The van der Waals surface area contributed by atoms with Crippen molar-refractivity contribution in [1.29, 1.82) is 0 Å². The lowest BCUT2D eigenvalue weighted by Gasteiger charge is -2.28. The number of hydrogen-bond donors (Lipinski definition) is 0. The number of ketones is 9. The van der Waals surface area contributed by atoms with Crippen molar-refractivity contribution in [3.05, 3.63) is 123 Å². The van der Waals surface area contributed by atoms with Gasteiger partial charge in [0, 0.05) is 64.2 Å². The average Bonchev–Trinajstić information content (AvgIpc) is 0.618. The maximum absolute atomic E-state index is 11.3. The van der Waals surface area contributed by atoms with Gasteiger partial charge in [-0.05, 0) is 241 Å². The highest BCUT2D eigenvalue weighted by molar-refractivity contribution is 8.93. The van der Waals surface area contributed by atoms with E-state index in [-0.39, 0.29) is 173 Å². The molecule has 138 heavy (non-hydrogen) atoms. The van der Waals surface area contributed by atoms with E-state index in [2.05, 4.69) is 249 Å². The molecule has 0 unspecified atom stereocenters. The zero-order valence-electron chi connectivity index (χ0n) is 95.6. The first-order valence-corrected chi connectivity index (χ1v) is 49.3. The van der Waals surface area contributed by atoms with Crippen molar-refractivity contribution in [3.63, 3.8) is 0 Å². The molecule has 0 aliphatic heterocycles. The van der Waals surface area contributed by atoms with Crippen molar-refractivity contribution in [3.8, 4) is 0 Å². The average molecular weight is 2230 g/mol. The lowest BCUT2D eigenvalue weighted by atomic mass is 10.0. The molecule has 18 nitrogen and oxygen atoms in total. The Hall–Kier alpha value is -2.94. The number of carbonyl (C=O) groups is 9. The first-order valence-electron chi connectivity index (χ1n) is 49.3. The molecule has 0 saturated carbocycles. The van der Waals surface area contributed by atoms with Crippen LogP contribution in [0.5, 0.6) is 0 Å². The number of allylic oxidation sites excluding steroid dienone is 9. The van der Waals surface area contributed by atoms with E-state index in [9.17, 15) is 43.2 Å². The number of halogens is 9. The monoisotopic (exact) mass is 2230 g/mol. The Kier molecular flexibility index (Phi) is 134. The number of quaternary nitrogens is 9. The summed E-state index contributed by atoms with van der Waals surface area (Å²) in [6.45, 7) is 63.4. The van der Waals surface area contributed by atoms with E-state index in [1.807, 2.05) is 6.08 Å². The Morgan fingerprint density at radius 2 is 0.333 bits per heavy atom. The molecule has 0 N–H and O–H groups in total. The Bertz CT molecular complexity index is 3160. The molecule has 0 aliphatic rings. The highest BCUT2D eigenvalue weighted by Crippen LogP contribution is 2.16. The summed E-state index contributed by atoms with van der Waals surface area (Å²) in [7, 11) is 54.9. The molecule has 0 aromatic rings. The van der Waals surface area contributed by atoms with Crippen LogP contribution in [0, 0.1) is 0 Å². The molecule has 0 radical (unpaired) electrons. The molecule has 0 bridgehead atoms. The summed E-state index contributed by atoms with van der Waals surface area (Å²) in [6, 6.07) is 0. The van der Waals surface area contributed by atoms with Gasteiger partial charge in [-0.1, -0.05) is 117 Å². The van der Waals surface area contributed by atoms with Crippen molar-refractivity contribution in [2.24, 2.45) is 0 Å². The molecule has 826 valence electrons. The predicted molar refractivity (Wildman–Crippen MR) is 575 cm³/mol. The maximum Gasteiger partial charge on any atom is 0.158 e. The SMILES string of the molecule is Br.C=C(C)C(=O)CCCCCCCCCC[N+](C)(C)C.C=C(C)C(=O)CCCCCCC[N+](C)(C)C.C=C(C)C(=O)CCCCCC[N+](C)(C)C.C=C(C)C(=O)CCCCC[N+](C)(C)C.C=C(C)C(=O)CCCC[N+](C)(C)C.C=C(C)C(=O)CCCC[N+](C)(C)C.C=C(C)C(=O)CCC[N+](C)(C)C.C=CC(=O)CCCC[N+](C)(C)CC.C=CC[N+](C)(C)CCCCC(=O)C=C.[Br-].[Cl-].[Cl-].[Cl-].[Cl-].[Cl-].[Cl-].[Cl-]. The lowest BCUT2D eigenvalue weighted by Crippen LogP contribution is -3.00. The van der Waals surface area contributed by atoms with Gasteiger partial charge in [0.2, 0.25) is 0 Å². The standard InChI is InChI=1S/C17H34NO.C14H28NO.C13H26NO.C12H24NO.C12H22NO.3C11H22NO.C10H20NO.2BrH.7ClH/c1-16(2)17(19)14-12-10-8-6-7-9-11-13-15-18(3,4)5;1-13(2)14(16)11-9-7-6-8-10-12-15(3,4)5;1-12(2)13(15)10-8-6-7-9-11-14(3,4)5;1-11(2)12(14)9-7-6-8-10-13(3,4)5;1-5-10-13(3,4)11-8-7-9-12(14)6-2;2*1-10(2)11(13)8-6-7-9-12(3,4)5;1-5-11(13)9-7-8-10-12(3,4)6-2;1-9(2)10(12)7-6-8-11(3,4)5;;;;;;;;;/h1,6-15H2,2-5H3;1,6-12H2,2-5H3;1,6-11H2,2-5H3;1,6-10H2,2-5H3;5-6H,1-2,7-11H2,3-4H3;2*1,6-9H2,2-5H3;5H,1,6-10H2,2-4H3;1,6-8H2,2-5H3;9*1H/q9*+1;;;;;;;;;/p-8. The third-order valence-corrected chi connectivity index (χ3v) is 21.3. The first-order chi connectivity index (χ1) is 58.8. The third kappa shape index (κ3) is 164. The fourth-order valence-corrected chi connectivity index (χ4v) is 12.0. The highest BCUT2D eigenvalue weighted by Gasteiger charge is 2.17. The van der Waals surface area contributed by atoms with Crippen LogP contribution in [0.2, 0.25) is 0 Å². The van der Waals surface area contributed by atoms with Crippen LogP contribution in [0.3, 0.4) is 0 Å². The molecule has 0 spiro atoms. The molecule has 0 rings (SSSR count). The summed E-state index contributed by atoms with van der Waals surface area (Å²) in [4.78, 5) is 100. The predicted octanol–water partition coefficient (Wildman–Crippen LogP) is -0.860. The molecule has 0 aromatic carbocycles. The van der Waals surface area contributed by atoms with Crippen molar-refractivity contribution >= 4 is 69.0 Å². The second-order valence-electron chi connectivity index (χ2n) is 45.0. The summed E-state index contributed by atoms with van der Waals surface area (Å²) >= 11 is 0. The van der Waals surface area contributed by atoms with Gasteiger partial charge in [-0.3, -0.25) is 43.2 Å². The van der Waals surface area contributed by atoms with E-state index in [0.29, 0.717) is 96.8 Å². The van der Waals surface area contributed by atoms with Crippen molar-refractivity contribution in [2.75, 3.05) is 248 Å². The first kappa shape index (κ1) is 177. The zero-order chi connectivity index (χ0) is 103. The van der Waals surface area contributed by atoms with Gasteiger partial charge in [-0.2, -0.15) is 0 Å². The molecular weight excluding hydrogens is 2010 g/mol. The summed E-state index contributed by atoms with van der Waals surface area (Å²) < 4.78 is 9.03. The van der Waals surface area contributed by atoms with Gasteiger partial charge in [0.25, 0.3) is 0 Å². The van der Waals surface area contributed by atoms with E-state index in [0.717, 1.165) is 176 Å². The van der Waals surface area contributed by atoms with E-state index in [4.69, 9.17) is 0 Å². The minimum atomic E-state index is 0. The molecule has 0 atom stereocenters. The number of rotatable bonds is 68. The Morgan fingerprint density at radius 1 is 0.203 bits per heavy atom. The fraction of sp³-hybridized carbons (Fsp3) is 0.739. The lowest BCUT2D eigenvalue weighted by molar-refractivity contribution is -0.888. The van der Waals surface area contributed by atoms with E-state index >= 15 is 0 Å². The normalized spacial score (nSPS) is 10.6. The topological polar surface area (TPSA) is 154 Å². The maximum atomic E-state index is 11.3. The van der Waals surface area contributed by atoms with E-state index < -0.39 is 0 Å². The number of unbranched alkanes of at least 4 members (excludes halogenated alkanes) is 20. The fourth-order valence-electron chi connectivity index (χ4n) is 12.0. The van der Waals surface area contributed by atoms with Gasteiger partial charge in [0.15, 0.2) is 52.0 Å². The molecule has 0 heterocycles. The number of hydrogen-bond acceptors (Lipinski definition) is 9. The molecule has 27 heteroatoms. The Labute approximate surface area is 919 Å². The second kappa shape index (κ2) is 104. The molecule has 0 fully saturated rings. The van der Waals surface area contributed by atoms with Gasteiger partial charge < -0.3 is 144 Å². The molecule has 0 aromatic heterocycles. The minimum Gasteiger partial charge on any atom is -1.00 e. The third-order valence-electron chi connectivity index (χ3n) is 21.3. The van der Waals surface area contributed by atoms with Gasteiger partial charge in [-0.25, -0.2) is 0 Å². The van der Waals surface area contributed by atoms with Gasteiger partial charge >= 0.3 is 0 Å². The van der Waals surface area contributed by atoms with E-state index in [1.165, 1.54) is 135 Å². The number of Topliss-reactive ketones (excluding diaryl/α,β-unsaturated/α-hetero) is 7. The van der Waals surface area contributed by atoms with E-state index in [1.54, 1.807) is 48.5 Å². The summed E-state index contributed by atoms with van der Waals surface area (Å²) in [5.41, 5.74) is 4.84. The van der Waals surface area contributed by atoms with Crippen LogP contribution in [0.25, 0.3) is 0 Å². The Morgan fingerprint density at radius 3 is 0.500 bits per heavy atom. The Balaban J connectivity index is -0.0000000730. The largest absolute Gasteiger partial charge is 1.00 e. The summed E-state index contributed by atoms with van der Waals surface area (Å²) in [5, 5.41) is 0. The second-order valence-corrected chi connectivity index (χ2v) is 45.0. The number of nitrogens with zero attached hydrogens (tertiary/aromatic N) is 9. The van der Waals surface area contributed by atoms with Crippen LogP contribution in [0.1, 0.15) is 299 Å². The zero-order valence-corrected chi connectivity index (χ0v) is 104. The van der Waals surface area contributed by atoms with Gasteiger partial charge in [0.1, 0.15) is 0 Å². The van der Waals surface area contributed by atoms with Gasteiger partial charge in [-0.15, -0.1) is 17.0 Å². The van der Waals surface area contributed by atoms with Crippen molar-refractivity contribution in [2.45, 2.75) is 299 Å². The van der Waals surface area contributed by atoms with Crippen molar-refractivity contribution < 1.29 is 187 Å². The van der Waals surface area contributed by atoms with Crippen LogP contribution < -0.4 is 104 Å². The minimum absolute atomic E-state index is 0. The highest BCUT2D eigenvalue weighted by atomic mass is 79.9. The number of likely N-dealkylation sites (N-methyl/N-ethyl adjacent to an activating group) is 1. The molecule has 0 aliphatic carbocycles. The van der Waals surface area contributed by atoms with Crippen LogP contribution in [-0.4, -0.2) is 341 Å². The smallest absolute Gasteiger partial charge is 0.158 e. The van der Waals surface area contributed by atoms with Crippen LogP contribution in [0.4, 0.5) is 0 Å². The molecule has 0 saturated heterocycles. The molecule has 0 amide bonds. The quantitative estimate of drug-likeness (QED) is 0.0328. The van der Waals surface area contributed by atoms with Gasteiger partial charge in [0.05, 0.1) is 248 Å². The van der Waals surface area contributed by atoms with Crippen LogP contribution in [-0.2, 0) is 43.2 Å². The van der Waals surface area contributed by atoms with Crippen molar-refractivity contribution in [1.82, 2.24) is 0 Å². The number of carbonyl (C=O) groups excluding carboxylic acids is 9. The van der Waals surface area contributed by atoms with Crippen LogP contribution >= 0.6 is 17.0 Å². The molecular formula is C111H221Br2Cl7N9O9+. The summed E-state index contributed by atoms with van der Waals surface area (Å²) in [6.07, 6.45) is 44.4. The van der Waals surface area contributed by atoms with Crippen LogP contribution in [0.15, 0.2) is 123 Å².